The molecule has 1 aromatic heterocycles. The van der Waals surface area contributed by atoms with Gasteiger partial charge in [-0.3, -0.25) is 4.79 Å². The first-order valence-electron chi connectivity index (χ1n) is 11.8. The standard InChI is InChI=1S/C29H28N2O2/c1-33-26-18-31(21-16-23-22-14-8-9-15-25(22)30-28(23)24(26)17-21)29(32)27(19-10-4-2-5-11-19)20-12-6-3-7-13-20/h2-15,21,24,26-27,30H,16-18H2,1H3/t21-,24-,26+/m1/s1. The molecule has 0 unspecified atom stereocenters. The number of piperidine rings is 1. The molecule has 33 heavy (non-hydrogen) atoms. The fraction of sp³-hybridized carbons (Fsp3) is 0.276. The van der Waals surface area contributed by atoms with Gasteiger partial charge in [-0.2, -0.15) is 0 Å². The Labute approximate surface area is 194 Å². The molecule has 3 atom stereocenters. The summed E-state index contributed by atoms with van der Waals surface area (Å²) in [5, 5.41) is 1.27. The van der Waals surface area contributed by atoms with Crippen LogP contribution in [-0.4, -0.2) is 41.6 Å². The molecule has 1 fully saturated rings. The molecular weight excluding hydrogens is 408 g/mol. The monoisotopic (exact) mass is 436 g/mol. The lowest BCUT2D eigenvalue weighted by atomic mass is 9.75. The number of fused-ring (bicyclic) bond motifs is 6. The van der Waals surface area contributed by atoms with Crippen molar-refractivity contribution in [2.75, 3.05) is 13.7 Å². The maximum Gasteiger partial charge on any atom is 0.234 e. The van der Waals surface area contributed by atoms with Crippen LogP contribution in [0.15, 0.2) is 84.9 Å². The Morgan fingerprint density at radius 3 is 2.24 bits per heavy atom. The van der Waals surface area contributed by atoms with Gasteiger partial charge in [-0.25, -0.2) is 0 Å². The zero-order chi connectivity index (χ0) is 22.4. The van der Waals surface area contributed by atoms with Crippen molar-refractivity contribution >= 4 is 16.8 Å². The summed E-state index contributed by atoms with van der Waals surface area (Å²) in [6.45, 7) is 0.621. The van der Waals surface area contributed by atoms with Gasteiger partial charge in [-0.1, -0.05) is 78.9 Å². The first-order chi connectivity index (χ1) is 16.2. The minimum Gasteiger partial charge on any atom is -0.379 e. The van der Waals surface area contributed by atoms with Crippen LogP contribution in [0, 0.1) is 0 Å². The van der Waals surface area contributed by atoms with Crippen molar-refractivity contribution in [1.29, 1.82) is 0 Å². The lowest BCUT2D eigenvalue weighted by Crippen LogP contribution is -2.56. The molecule has 3 aromatic carbocycles. The molecule has 0 radical (unpaired) electrons. The quantitative estimate of drug-likeness (QED) is 0.475. The highest BCUT2D eigenvalue weighted by atomic mass is 16.5. The number of aromatic amines is 1. The van der Waals surface area contributed by atoms with Crippen molar-refractivity contribution in [3.63, 3.8) is 0 Å². The number of carbonyl (C=O) groups excluding carboxylic acids is 1. The molecule has 2 aliphatic rings. The number of ether oxygens (including phenoxy) is 1. The number of para-hydroxylation sites is 1. The fourth-order valence-corrected chi connectivity index (χ4v) is 5.98. The van der Waals surface area contributed by atoms with Gasteiger partial charge in [0.05, 0.1) is 12.0 Å². The summed E-state index contributed by atoms with van der Waals surface area (Å²) in [6, 6.07) is 29.0. The van der Waals surface area contributed by atoms with Gasteiger partial charge in [-0.15, -0.1) is 0 Å². The van der Waals surface area contributed by atoms with E-state index in [0.29, 0.717) is 6.54 Å². The number of H-pyrrole nitrogens is 1. The van der Waals surface area contributed by atoms with Crippen LogP contribution < -0.4 is 0 Å². The number of methoxy groups -OCH3 is 1. The highest BCUT2D eigenvalue weighted by Gasteiger charge is 2.45. The van der Waals surface area contributed by atoms with Gasteiger partial charge in [0.25, 0.3) is 0 Å². The molecule has 166 valence electrons. The molecule has 2 bridgehead atoms. The second-order valence-electron chi connectivity index (χ2n) is 9.28. The van der Waals surface area contributed by atoms with Crippen molar-refractivity contribution < 1.29 is 9.53 Å². The van der Waals surface area contributed by atoms with Gasteiger partial charge in [0.15, 0.2) is 0 Å². The number of amides is 1. The van der Waals surface area contributed by atoms with E-state index >= 15 is 0 Å². The average Bonchev–Trinajstić information content (AvgIpc) is 3.24. The van der Waals surface area contributed by atoms with E-state index in [1.54, 1.807) is 7.11 Å². The van der Waals surface area contributed by atoms with Crippen molar-refractivity contribution in [1.82, 2.24) is 9.88 Å². The number of hydrogen-bond donors (Lipinski definition) is 1. The Kier molecular flexibility index (Phi) is 5.03. The van der Waals surface area contributed by atoms with E-state index in [0.717, 1.165) is 24.0 Å². The number of nitrogens with one attached hydrogen (secondary N) is 1. The van der Waals surface area contributed by atoms with Gasteiger partial charge in [0.1, 0.15) is 0 Å². The van der Waals surface area contributed by atoms with E-state index < -0.39 is 0 Å². The molecule has 1 saturated heterocycles. The van der Waals surface area contributed by atoms with Crippen LogP contribution in [-0.2, 0) is 16.0 Å². The number of nitrogens with zero attached hydrogens (tertiary/aromatic N) is 1. The molecule has 1 N–H and O–H groups in total. The minimum atomic E-state index is -0.314. The molecule has 4 nitrogen and oxygen atoms in total. The largest absolute Gasteiger partial charge is 0.379 e. The summed E-state index contributed by atoms with van der Waals surface area (Å²) in [6.07, 6.45) is 1.79. The van der Waals surface area contributed by atoms with Gasteiger partial charge < -0.3 is 14.6 Å². The third kappa shape index (κ3) is 3.37. The van der Waals surface area contributed by atoms with Crippen LogP contribution in [0.4, 0.5) is 0 Å². The molecule has 4 aromatic rings. The highest BCUT2D eigenvalue weighted by molar-refractivity contribution is 5.89. The number of aromatic nitrogens is 1. The number of hydrogen-bond acceptors (Lipinski definition) is 2. The lowest BCUT2D eigenvalue weighted by Gasteiger charge is -2.47. The summed E-state index contributed by atoms with van der Waals surface area (Å²) < 4.78 is 5.99. The van der Waals surface area contributed by atoms with Crippen molar-refractivity contribution in [2.24, 2.45) is 0 Å². The normalized spacial score (nSPS) is 21.9. The molecule has 1 amide bonds. The SMILES string of the molecule is CO[C@H]1CN(C(=O)C(c2ccccc2)c2ccccc2)[C@@H]2Cc3c([nH]c4ccccc34)[C@@H]1C2. The van der Waals surface area contributed by atoms with Crippen molar-refractivity contribution in [3.05, 3.63) is 107 Å². The molecule has 1 aliphatic heterocycles. The molecule has 6 rings (SSSR count). The average molecular weight is 437 g/mol. The zero-order valence-electron chi connectivity index (χ0n) is 18.8. The number of likely N-dealkylation sites (tertiary alicyclic amines) is 1. The fourth-order valence-electron chi connectivity index (χ4n) is 5.98. The van der Waals surface area contributed by atoms with Crippen LogP contribution in [0.1, 0.15) is 40.6 Å². The third-order valence-electron chi connectivity index (χ3n) is 7.55. The smallest absolute Gasteiger partial charge is 0.234 e. The Bertz CT molecular complexity index is 1240. The van der Waals surface area contributed by atoms with Gasteiger partial charge in [0, 0.05) is 42.2 Å². The van der Waals surface area contributed by atoms with Crippen LogP contribution in [0.5, 0.6) is 0 Å². The van der Waals surface area contributed by atoms with Crippen LogP contribution in [0.3, 0.4) is 0 Å². The molecule has 0 spiro atoms. The van der Waals surface area contributed by atoms with E-state index in [4.69, 9.17) is 4.74 Å². The molecule has 1 aliphatic carbocycles. The zero-order valence-corrected chi connectivity index (χ0v) is 18.8. The summed E-state index contributed by atoms with van der Waals surface area (Å²) >= 11 is 0. The van der Waals surface area contributed by atoms with E-state index in [1.165, 1.54) is 22.2 Å². The van der Waals surface area contributed by atoms with E-state index in [-0.39, 0.29) is 29.9 Å². The second kappa shape index (κ2) is 8.20. The first-order valence-corrected chi connectivity index (χ1v) is 11.8. The molecule has 2 heterocycles. The maximum absolute atomic E-state index is 14.2. The summed E-state index contributed by atoms with van der Waals surface area (Å²) in [5.41, 5.74) is 5.90. The third-order valence-corrected chi connectivity index (χ3v) is 7.55. The van der Waals surface area contributed by atoms with Crippen LogP contribution in [0.2, 0.25) is 0 Å². The lowest BCUT2D eigenvalue weighted by molar-refractivity contribution is -0.140. The molecule has 4 heteroatoms. The maximum atomic E-state index is 14.2. The Balaban J connectivity index is 1.41. The van der Waals surface area contributed by atoms with Crippen LogP contribution >= 0.6 is 0 Å². The van der Waals surface area contributed by atoms with Gasteiger partial charge >= 0.3 is 0 Å². The van der Waals surface area contributed by atoms with Crippen molar-refractivity contribution in [2.45, 2.75) is 36.8 Å². The summed E-state index contributed by atoms with van der Waals surface area (Å²) in [5.74, 6) is 0.138. The Morgan fingerprint density at radius 1 is 0.939 bits per heavy atom. The number of rotatable bonds is 4. The Hall–Kier alpha value is -3.37. The topological polar surface area (TPSA) is 45.3 Å². The minimum absolute atomic E-state index is 0.0236. The molecular formula is C29H28N2O2. The second-order valence-corrected chi connectivity index (χ2v) is 9.28. The molecule has 0 saturated carbocycles. The predicted molar refractivity (Wildman–Crippen MR) is 130 cm³/mol. The summed E-state index contributed by atoms with van der Waals surface area (Å²) in [7, 11) is 1.77. The number of benzene rings is 3. The summed E-state index contributed by atoms with van der Waals surface area (Å²) in [4.78, 5) is 20.0. The van der Waals surface area contributed by atoms with E-state index in [1.807, 2.05) is 36.4 Å². The number of carbonyl (C=O) groups is 1. The van der Waals surface area contributed by atoms with E-state index in [2.05, 4.69) is 58.4 Å². The predicted octanol–water partition coefficient (Wildman–Crippen LogP) is 5.26. The van der Waals surface area contributed by atoms with Gasteiger partial charge in [0.2, 0.25) is 5.91 Å². The Morgan fingerprint density at radius 2 is 1.58 bits per heavy atom. The first kappa shape index (κ1) is 20.3. The highest BCUT2D eigenvalue weighted by Crippen LogP contribution is 2.44. The van der Waals surface area contributed by atoms with Gasteiger partial charge in [-0.05, 0) is 35.6 Å². The van der Waals surface area contributed by atoms with E-state index in [9.17, 15) is 4.79 Å². The van der Waals surface area contributed by atoms with Crippen molar-refractivity contribution in [3.8, 4) is 0 Å². The van der Waals surface area contributed by atoms with Crippen LogP contribution in [0.25, 0.3) is 10.9 Å².